The Morgan fingerprint density at radius 1 is 1.15 bits per heavy atom. The lowest BCUT2D eigenvalue weighted by atomic mass is 9.84. The minimum Gasteiger partial charge on any atom is -0.455 e. The largest absolute Gasteiger partial charge is 0.455 e. The van der Waals surface area contributed by atoms with E-state index in [9.17, 15) is 0 Å². The number of hydrogen-bond acceptors (Lipinski definition) is 6. The summed E-state index contributed by atoms with van der Waals surface area (Å²) in [4.78, 5) is 8.10. The van der Waals surface area contributed by atoms with E-state index in [2.05, 4.69) is 9.97 Å². The summed E-state index contributed by atoms with van der Waals surface area (Å²) < 4.78 is 12.2. The topological polar surface area (TPSA) is 96.3 Å². The van der Waals surface area contributed by atoms with Crippen LogP contribution in [0.25, 0.3) is 0 Å². The molecule has 0 aliphatic heterocycles. The summed E-state index contributed by atoms with van der Waals surface area (Å²) in [5.41, 5.74) is 13.3. The van der Waals surface area contributed by atoms with Gasteiger partial charge in [0.2, 0.25) is 12.2 Å². The molecule has 27 heavy (non-hydrogen) atoms. The first-order chi connectivity index (χ1) is 13.0. The Morgan fingerprint density at radius 3 is 2.56 bits per heavy atom. The summed E-state index contributed by atoms with van der Waals surface area (Å²) in [6.45, 7) is 3.77. The fraction of sp³-hybridized carbons (Fsp3) is 0.500. The lowest BCUT2D eigenvalue weighted by Crippen LogP contribution is -2.25. The number of ether oxygens (including phenoxy) is 2. The van der Waals surface area contributed by atoms with Crippen molar-refractivity contribution in [1.82, 2.24) is 9.97 Å². The van der Waals surface area contributed by atoms with E-state index in [1.54, 1.807) is 6.92 Å². The molecule has 1 aliphatic carbocycles. The number of nitrogen functional groups attached to an aromatic ring is 2. The van der Waals surface area contributed by atoms with E-state index >= 15 is 0 Å². The van der Waals surface area contributed by atoms with Crippen molar-refractivity contribution in [2.24, 2.45) is 0 Å². The SMILES string of the molecule is CCC(Oc1ccc(Cl)cc1C1CCCCC1)Oc1c(C)nc(N)nc1N. The fourth-order valence-electron chi connectivity index (χ4n) is 3.58. The van der Waals surface area contributed by atoms with Crippen LogP contribution in [0, 0.1) is 6.92 Å². The van der Waals surface area contributed by atoms with Crippen LogP contribution >= 0.6 is 11.6 Å². The van der Waals surface area contributed by atoms with Gasteiger partial charge in [0.1, 0.15) is 5.75 Å². The lowest BCUT2D eigenvalue weighted by Gasteiger charge is -2.27. The number of benzene rings is 1. The highest BCUT2D eigenvalue weighted by Crippen LogP contribution is 2.39. The van der Waals surface area contributed by atoms with Crippen LogP contribution in [0.3, 0.4) is 0 Å². The number of hydrogen-bond donors (Lipinski definition) is 2. The maximum atomic E-state index is 6.26. The van der Waals surface area contributed by atoms with Gasteiger partial charge in [-0.1, -0.05) is 37.8 Å². The normalized spacial score (nSPS) is 16.1. The highest BCUT2D eigenvalue weighted by molar-refractivity contribution is 6.30. The molecule has 1 aromatic carbocycles. The molecule has 1 saturated carbocycles. The molecule has 2 aromatic rings. The third-order valence-corrected chi connectivity index (χ3v) is 5.17. The van der Waals surface area contributed by atoms with Gasteiger partial charge in [0.25, 0.3) is 0 Å². The van der Waals surface area contributed by atoms with E-state index in [0.29, 0.717) is 23.8 Å². The molecule has 3 rings (SSSR count). The molecule has 6 nitrogen and oxygen atoms in total. The number of halogens is 1. The average Bonchev–Trinajstić information content (AvgIpc) is 2.65. The zero-order valence-corrected chi connectivity index (χ0v) is 16.6. The second-order valence-electron chi connectivity index (χ2n) is 6.97. The van der Waals surface area contributed by atoms with E-state index in [-0.39, 0.29) is 11.8 Å². The molecular formula is C20H27ClN4O2. The number of rotatable bonds is 6. The molecule has 0 saturated heterocycles. The summed E-state index contributed by atoms with van der Waals surface area (Å²) in [5, 5.41) is 0.726. The van der Waals surface area contributed by atoms with Gasteiger partial charge in [0.05, 0.1) is 5.69 Å². The predicted octanol–water partition coefficient (Wildman–Crippen LogP) is 4.84. The summed E-state index contributed by atoms with van der Waals surface area (Å²) >= 11 is 6.26. The molecule has 7 heteroatoms. The summed E-state index contributed by atoms with van der Waals surface area (Å²) in [5.74, 6) is 2.03. The molecule has 1 fully saturated rings. The second kappa shape index (κ2) is 8.65. The van der Waals surface area contributed by atoms with E-state index in [1.165, 1.54) is 19.3 Å². The smallest absolute Gasteiger partial charge is 0.241 e. The number of aryl methyl sites for hydroxylation is 1. The Morgan fingerprint density at radius 2 is 1.89 bits per heavy atom. The Hall–Kier alpha value is -2.21. The van der Waals surface area contributed by atoms with Crippen LogP contribution in [0.1, 0.15) is 62.6 Å². The van der Waals surface area contributed by atoms with Gasteiger partial charge < -0.3 is 20.9 Å². The van der Waals surface area contributed by atoms with Gasteiger partial charge in [0, 0.05) is 11.4 Å². The number of nitrogens with zero attached hydrogens (tertiary/aromatic N) is 2. The van der Waals surface area contributed by atoms with Crippen LogP contribution < -0.4 is 20.9 Å². The monoisotopic (exact) mass is 390 g/mol. The fourth-order valence-corrected chi connectivity index (χ4v) is 3.76. The first-order valence-corrected chi connectivity index (χ1v) is 9.88. The minimum atomic E-state index is -0.512. The highest BCUT2D eigenvalue weighted by Gasteiger charge is 2.23. The van der Waals surface area contributed by atoms with Gasteiger partial charge in [0.15, 0.2) is 11.6 Å². The maximum Gasteiger partial charge on any atom is 0.241 e. The van der Waals surface area contributed by atoms with Crippen LogP contribution in [0.2, 0.25) is 5.02 Å². The highest BCUT2D eigenvalue weighted by atomic mass is 35.5. The molecular weight excluding hydrogens is 364 g/mol. The molecule has 1 unspecified atom stereocenters. The predicted molar refractivity (Wildman–Crippen MR) is 108 cm³/mol. The van der Waals surface area contributed by atoms with Gasteiger partial charge in [-0.3, -0.25) is 0 Å². The van der Waals surface area contributed by atoms with Gasteiger partial charge in [-0.05, 0) is 49.4 Å². The zero-order valence-electron chi connectivity index (χ0n) is 15.9. The van der Waals surface area contributed by atoms with Crippen molar-refractivity contribution in [3.8, 4) is 11.5 Å². The molecule has 0 amide bonds. The first kappa shape index (κ1) is 19.5. The summed E-state index contributed by atoms with van der Waals surface area (Å²) in [7, 11) is 0. The van der Waals surface area contributed by atoms with Crippen molar-refractivity contribution in [2.75, 3.05) is 11.5 Å². The number of nitrogens with two attached hydrogens (primary N) is 2. The van der Waals surface area contributed by atoms with Crippen molar-refractivity contribution < 1.29 is 9.47 Å². The Kier molecular flexibility index (Phi) is 6.26. The van der Waals surface area contributed by atoms with E-state index in [1.807, 2.05) is 25.1 Å². The summed E-state index contributed by atoms with van der Waals surface area (Å²) in [6, 6.07) is 5.79. The van der Waals surface area contributed by atoms with Crippen molar-refractivity contribution in [1.29, 1.82) is 0 Å². The van der Waals surface area contributed by atoms with Gasteiger partial charge in [-0.2, -0.15) is 4.98 Å². The third-order valence-electron chi connectivity index (χ3n) is 4.94. The average molecular weight is 391 g/mol. The Balaban J connectivity index is 1.82. The van der Waals surface area contributed by atoms with E-state index < -0.39 is 6.29 Å². The number of aromatic nitrogens is 2. The van der Waals surface area contributed by atoms with Gasteiger partial charge in [-0.25, -0.2) is 4.98 Å². The standard InChI is InChI=1S/C20H27ClN4O2/c1-3-17(27-18-12(2)24-20(23)25-19(18)22)26-16-10-9-14(21)11-15(16)13-7-5-4-6-8-13/h9-11,13,17H,3-8H2,1-2H3,(H4,22,23,24,25). The molecule has 1 atom stereocenters. The van der Waals surface area contributed by atoms with Crippen LogP contribution in [0.4, 0.5) is 11.8 Å². The van der Waals surface area contributed by atoms with Crippen LogP contribution in [-0.4, -0.2) is 16.3 Å². The maximum absolute atomic E-state index is 6.26. The minimum absolute atomic E-state index is 0.128. The Labute approximate surface area is 165 Å². The molecule has 1 aliphatic rings. The Bertz CT molecular complexity index is 771. The lowest BCUT2D eigenvalue weighted by molar-refractivity contribution is 0.00177. The number of anilines is 2. The molecule has 0 spiro atoms. The van der Waals surface area contributed by atoms with Crippen LogP contribution in [0.5, 0.6) is 11.5 Å². The van der Waals surface area contributed by atoms with Gasteiger partial charge in [-0.15, -0.1) is 0 Å². The van der Waals surface area contributed by atoms with Crippen LogP contribution in [0.15, 0.2) is 18.2 Å². The van der Waals surface area contributed by atoms with Crippen molar-refractivity contribution >= 4 is 23.4 Å². The molecule has 4 N–H and O–H groups in total. The van der Waals surface area contributed by atoms with Gasteiger partial charge >= 0.3 is 0 Å². The molecule has 1 heterocycles. The van der Waals surface area contributed by atoms with Crippen LogP contribution in [-0.2, 0) is 0 Å². The second-order valence-corrected chi connectivity index (χ2v) is 7.41. The zero-order chi connectivity index (χ0) is 19.4. The quantitative estimate of drug-likeness (QED) is 0.684. The van der Waals surface area contributed by atoms with E-state index in [4.69, 9.17) is 32.5 Å². The van der Waals surface area contributed by atoms with Crippen molar-refractivity contribution in [3.05, 3.63) is 34.5 Å². The molecule has 146 valence electrons. The first-order valence-electron chi connectivity index (χ1n) is 9.50. The summed E-state index contributed by atoms with van der Waals surface area (Å²) in [6.07, 6.45) is 6.21. The van der Waals surface area contributed by atoms with E-state index in [0.717, 1.165) is 29.2 Å². The molecule has 0 radical (unpaired) electrons. The molecule has 0 bridgehead atoms. The molecule has 1 aromatic heterocycles. The van der Waals surface area contributed by atoms with Crippen molar-refractivity contribution in [3.63, 3.8) is 0 Å². The van der Waals surface area contributed by atoms with Crippen molar-refractivity contribution in [2.45, 2.75) is 64.6 Å². The third kappa shape index (κ3) is 4.75.